The average molecular weight is 302 g/mol. The highest BCUT2D eigenvalue weighted by molar-refractivity contribution is 7.99. The van der Waals surface area contributed by atoms with E-state index in [0.717, 1.165) is 6.42 Å². The van der Waals surface area contributed by atoms with Gasteiger partial charge >= 0.3 is 5.69 Å². The lowest BCUT2D eigenvalue weighted by Gasteiger charge is -2.20. The standard InChI is InChI=1S/C12H22N4O3S/c1-12(2,3)13-9(17)8-20-11-15-14-10(18)16(11)6-5-7-19-4/h5-8H2,1-4H3,(H,13,17)(H,14,18). The molecule has 1 aromatic heterocycles. The molecule has 0 unspecified atom stereocenters. The summed E-state index contributed by atoms with van der Waals surface area (Å²) in [4.78, 5) is 23.3. The summed E-state index contributed by atoms with van der Waals surface area (Å²) < 4.78 is 6.48. The minimum Gasteiger partial charge on any atom is -0.385 e. The van der Waals surface area contributed by atoms with E-state index in [1.807, 2.05) is 20.8 Å². The van der Waals surface area contributed by atoms with Gasteiger partial charge in [0.1, 0.15) is 0 Å². The second-order valence-electron chi connectivity index (χ2n) is 5.40. The Morgan fingerprint density at radius 2 is 2.20 bits per heavy atom. The Morgan fingerprint density at radius 3 is 2.80 bits per heavy atom. The molecule has 20 heavy (non-hydrogen) atoms. The molecule has 0 radical (unpaired) electrons. The fourth-order valence-corrected chi connectivity index (χ4v) is 2.33. The third-order valence-electron chi connectivity index (χ3n) is 2.30. The van der Waals surface area contributed by atoms with Gasteiger partial charge in [0.2, 0.25) is 5.91 Å². The summed E-state index contributed by atoms with van der Waals surface area (Å²) in [5.74, 6) is 0.146. The van der Waals surface area contributed by atoms with Gasteiger partial charge < -0.3 is 10.1 Å². The molecule has 8 heteroatoms. The lowest BCUT2D eigenvalue weighted by atomic mass is 10.1. The number of carbonyl (C=O) groups excluding carboxylic acids is 1. The quantitative estimate of drug-likeness (QED) is 0.569. The zero-order valence-corrected chi connectivity index (χ0v) is 13.2. The first kappa shape index (κ1) is 16.8. The summed E-state index contributed by atoms with van der Waals surface area (Å²) in [7, 11) is 1.62. The zero-order chi connectivity index (χ0) is 15.2. The third kappa shape index (κ3) is 5.79. The topological polar surface area (TPSA) is 89.0 Å². The van der Waals surface area contributed by atoms with Crippen LogP contribution in [0.5, 0.6) is 0 Å². The van der Waals surface area contributed by atoms with E-state index in [4.69, 9.17) is 4.74 Å². The number of nitrogens with one attached hydrogen (secondary N) is 2. The van der Waals surface area contributed by atoms with Crippen LogP contribution in [0.4, 0.5) is 0 Å². The molecular weight excluding hydrogens is 280 g/mol. The van der Waals surface area contributed by atoms with E-state index in [0.29, 0.717) is 18.3 Å². The van der Waals surface area contributed by atoms with Gasteiger partial charge in [0.05, 0.1) is 5.75 Å². The largest absolute Gasteiger partial charge is 0.385 e. The molecule has 0 aliphatic carbocycles. The van der Waals surface area contributed by atoms with Gasteiger partial charge in [0, 0.05) is 25.8 Å². The summed E-state index contributed by atoms with van der Waals surface area (Å²) in [5.41, 5.74) is -0.527. The van der Waals surface area contributed by atoms with Crippen LogP contribution in [0.25, 0.3) is 0 Å². The van der Waals surface area contributed by atoms with Crippen LogP contribution in [0.3, 0.4) is 0 Å². The molecule has 0 spiro atoms. The van der Waals surface area contributed by atoms with Crippen molar-refractivity contribution < 1.29 is 9.53 Å². The van der Waals surface area contributed by atoms with Crippen molar-refractivity contribution in [2.75, 3.05) is 19.5 Å². The van der Waals surface area contributed by atoms with Gasteiger partial charge in [-0.25, -0.2) is 9.89 Å². The highest BCUT2D eigenvalue weighted by Crippen LogP contribution is 2.13. The zero-order valence-electron chi connectivity index (χ0n) is 12.4. The molecule has 0 bridgehead atoms. The van der Waals surface area contributed by atoms with Gasteiger partial charge in [-0.2, -0.15) is 0 Å². The fourth-order valence-electron chi connectivity index (χ4n) is 1.56. The van der Waals surface area contributed by atoms with Crippen LogP contribution in [0.1, 0.15) is 27.2 Å². The van der Waals surface area contributed by atoms with Gasteiger partial charge in [0.15, 0.2) is 5.16 Å². The molecule has 1 aromatic rings. The van der Waals surface area contributed by atoms with Crippen LogP contribution in [0, 0.1) is 0 Å². The predicted molar refractivity (Wildman–Crippen MR) is 78.0 cm³/mol. The third-order valence-corrected chi connectivity index (χ3v) is 3.28. The minimum atomic E-state index is -0.264. The normalized spacial score (nSPS) is 11.6. The second kappa shape index (κ2) is 7.49. The molecule has 0 saturated carbocycles. The van der Waals surface area contributed by atoms with Crippen molar-refractivity contribution in [2.45, 2.75) is 44.4 Å². The number of ether oxygens (including phenoxy) is 1. The van der Waals surface area contributed by atoms with Crippen LogP contribution in [-0.4, -0.2) is 45.7 Å². The summed E-state index contributed by atoms with van der Waals surface area (Å²) in [6, 6.07) is 0. The molecule has 0 fully saturated rings. The molecule has 1 amide bonds. The molecule has 114 valence electrons. The Hall–Kier alpha value is -1.28. The average Bonchev–Trinajstić information content (AvgIpc) is 2.66. The Morgan fingerprint density at radius 1 is 1.50 bits per heavy atom. The molecule has 1 rings (SSSR count). The van der Waals surface area contributed by atoms with Gasteiger partial charge in [-0.05, 0) is 27.2 Å². The molecule has 0 aromatic carbocycles. The molecule has 1 heterocycles. The molecule has 7 nitrogen and oxygen atoms in total. The number of H-pyrrole nitrogens is 1. The number of amides is 1. The number of aromatic amines is 1. The maximum atomic E-state index is 11.7. The second-order valence-corrected chi connectivity index (χ2v) is 6.34. The van der Waals surface area contributed by atoms with E-state index in [-0.39, 0.29) is 22.9 Å². The number of methoxy groups -OCH3 is 1. The van der Waals surface area contributed by atoms with Gasteiger partial charge in [-0.15, -0.1) is 5.10 Å². The van der Waals surface area contributed by atoms with Gasteiger partial charge in [-0.1, -0.05) is 11.8 Å². The van der Waals surface area contributed by atoms with E-state index in [9.17, 15) is 9.59 Å². The van der Waals surface area contributed by atoms with E-state index >= 15 is 0 Å². The monoisotopic (exact) mass is 302 g/mol. The Labute approximate surface area is 122 Å². The van der Waals surface area contributed by atoms with Crippen molar-refractivity contribution in [3.05, 3.63) is 10.5 Å². The van der Waals surface area contributed by atoms with Crippen LogP contribution in [0.15, 0.2) is 9.95 Å². The minimum absolute atomic E-state index is 0.0820. The predicted octanol–water partition coefficient (Wildman–Crippen LogP) is 0.615. The Kier molecular flexibility index (Phi) is 6.28. The van der Waals surface area contributed by atoms with Crippen molar-refractivity contribution >= 4 is 17.7 Å². The molecule has 2 N–H and O–H groups in total. The van der Waals surface area contributed by atoms with Crippen molar-refractivity contribution in [3.8, 4) is 0 Å². The van der Waals surface area contributed by atoms with Crippen LogP contribution in [-0.2, 0) is 16.1 Å². The number of rotatable bonds is 7. The summed E-state index contributed by atoms with van der Waals surface area (Å²) >= 11 is 1.24. The first-order valence-corrected chi connectivity index (χ1v) is 7.40. The molecular formula is C12H22N4O3S. The number of hydrogen-bond acceptors (Lipinski definition) is 5. The van der Waals surface area contributed by atoms with Gasteiger partial charge in [0.25, 0.3) is 0 Å². The SMILES string of the molecule is COCCCn1c(SCC(=O)NC(C)(C)C)n[nH]c1=O. The number of hydrogen-bond donors (Lipinski definition) is 2. The number of thioether (sulfide) groups is 1. The van der Waals surface area contributed by atoms with Crippen molar-refractivity contribution in [2.24, 2.45) is 0 Å². The molecule has 0 saturated heterocycles. The Balaban J connectivity index is 2.55. The Bertz CT molecular complexity index is 490. The van der Waals surface area contributed by atoms with Crippen molar-refractivity contribution in [1.82, 2.24) is 20.1 Å². The van der Waals surface area contributed by atoms with Crippen molar-refractivity contribution in [1.29, 1.82) is 0 Å². The van der Waals surface area contributed by atoms with Crippen LogP contribution >= 0.6 is 11.8 Å². The van der Waals surface area contributed by atoms with E-state index < -0.39 is 0 Å². The number of nitrogens with zero attached hydrogens (tertiary/aromatic N) is 2. The lowest BCUT2D eigenvalue weighted by molar-refractivity contribution is -0.119. The van der Waals surface area contributed by atoms with Crippen molar-refractivity contribution in [3.63, 3.8) is 0 Å². The number of carbonyl (C=O) groups is 1. The summed E-state index contributed by atoms with van der Waals surface area (Å²) in [6.45, 7) is 6.86. The number of aromatic nitrogens is 3. The first-order chi connectivity index (χ1) is 9.33. The van der Waals surface area contributed by atoms with Crippen LogP contribution in [0.2, 0.25) is 0 Å². The first-order valence-electron chi connectivity index (χ1n) is 6.41. The maximum absolute atomic E-state index is 11.7. The van der Waals surface area contributed by atoms with E-state index in [1.54, 1.807) is 7.11 Å². The van der Waals surface area contributed by atoms with Gasteiger partial charge in [-0.3, -0.25) is 9.36 Å². The van der Waals surface area contributed by atoms with E-state index in [1.165, 1.54) is 16.3 Å². The smallest absolute Gasteiger partial charge is 0.343 e. The van der Waals surface area contributed by atoms with E-state index in [2.05, 4.69) is 15.5 Å². The molecule has 0 atom stereocenters. The molecule has 0 aliphatic heterocycles. The summed E-state index contributed by atoms with van der Waals surface area (Å²) in [6.07, 6.45) is 0.720. The maximum Gasteiger partial charge on any atom is 0.343 e. The fraction of sp³-hybridized carbons (Fsp3) is 0.750. The lowest BCUT2D eigenvalue weighted by Crippen LogP contribution is -2.41. The highest BCUT2D eigenvalue weighted by atomic mass is 32.2. The van der Waals surface area contributed by atoms with Crippen LogP contribution < -0.4 is 11.0 Å². The summed E-state index contributed by atoms with van der Waals surface area (Å²) in [5, 5.41) is 9.72. The molecule has 0 aliphatic rings. The highest BCUT2D eigenvalue weighted by Gasteiger charge is 2.15.